The van der Waals surface area contributed by atoms with Gasteiger partial charge in [0.15, 0.2) is 0 Å². The standard InChI is InChI=1S/C15H22N4O2/c1-18-6-8-19(9-7-18)12-15(20)17-16-11-13-4-3-5-14(10-13)21-2/h3-5,10-11H,6-9,12H2,1-2H3,(H,17,20). The molecule has 0 unspecified atom stereocenters. The fraction of sp³-hybridized carbons (Fsp3) is 0.467. The topological polar surface area (TPSA) is 57.2 Å². The summed E-state index contributed by atoms with van der Waals surface area (Å²) in [6.45, 7) is 4.23. The summed E-state index contributed by atoms with van der Waals surface area (Å²) in [7, 11) is 3.71. The van der Waals surface area contributed by atoms with Crippen LogP contribution in [0.3, 0.4) is 0 Å². The highest BCUT2D eigenvalue weighted by molar-refractivity contribution is 5.83. The molecule has 21 heavy (non-hydrogen) atoms. The zero-order valence-corrected chi connectivity index (χ0v) is 12.6. The maximum atomic E-state index is 11.8. The molecule has 0 bridgehead atoms. The average Bonchev–Trinajstić information content (AvgIpc) is 2.50. The van der Waals surface area contributed by atoms with Crippen molar-refractivity contribution in [2.45, 2.75) is 0 Å². The molecule has 6 nitrogen and oxygen atoms in total. The first-order valence-electron chi connectivity index (χ1n) is 7.04. The van der Waals surface area contributed by atoms with Crippen molar-refractivity contribution < 1.29 is 9.53 Å². The van der Waals surface area contributed by atoms with Crippen LogP contribution < -0.4 is 10.2 Å². The lowest BCUT2D eigenvalue weighted by Gasteiger charge is -2.31. The smallest absolute Gasteiger partial charge is 0.254 e. The van der Waals surface area contributed by atoms with Crippen molar-refractivity contribution in [3.8, 4) is 5.75 Å². The first-order chi connectivity index (χ1) is 10.2. The molecule has 1 aliphatic rings. The predicted octanol–water partition coefficient (Wildman–Crippen LogP) is 0.393. The Bertz CT molecular complexity index is 496. The highest BCUT2D eigenvalue weighted by Crippen LogP contribution is 2.10. The predicted molar refractivity (Wildman–Crippen MR) is 82.7 cm³/mol. The van der Waals surface area contributed by atoms with Crippen molar-refractivity contribution in [2.24, 2.45) is 5.10 Å². The third kappa shape index (κ3) is 5.17. The van der Waals surface area contributed by atoms with Crippen LogP contribution in [-0.2, 0) is 4.79 Å². The Labute approximate surface area is 125 Å². The zero-order chi connectivity index (χ0) is 15.1. The fourth-order valence-corrected chi connectivity index (χ4v) is 2.15. The number of nitrogens with one attached hydrogen (secondary N) is 1. The first-order valence-corrected chi connectivity index (χ1v) is 7.04. The molecular formula is C15H22N4O2. The Morgan fingerprint density at radius 2 is 2.14 bits per heavy atom. The first kappa shape index (κ1) is 15.5. The summed E-state index contributed by atoms with van der Waals surface area (Å²) in [5.74, 6) is 0.682. The van der Waals surface area contributed by atoms with Crippen LogP contribution in [0.5, 0.6) is 5.75 Å². The van der Waals surface area contributed by atoms with E-state index in [2.05, 4.69) is 27.4 Å². The summed E-state index contributed by atoms with van der Waals surface area (Å²) in [6, 6.07) is 7.50. The lowest BCUT2D eigenvalue weighted by atomic mass is 10.2. The van der Waals surface area contributed by atoms with Crippen LogP contribution >= 0.6 is 0 Å². The van der Waals surface area contributed by atoms with E-state index >= 15 is 0 Å². The van der Waals surface area contributed by atoms with Gasteiger partial charge in [-0.1, -0.05) is 12.1 Å². The minimum Gasteiger partial charge on any atom is -0.497 e. The summed E-state index contributed by atoms with van der Waals surface area (Å²) in [5.41, 5.74) is 3.45. The Morgan fingerprint density at radius 3 is 2.86 bits per heavy atom. The number of ether oxygens (including phenoxy) is 1. The second-order valence-electron chi connectivity index (χ2n) is 5.15. The Balaban J connectivity index is 1.76. The van der Waals surface area contributed by atoms with Gasteiger partial charge in [0.05, 0.1) is 19.9 Å². The molecule has 0 saturated carbocycles. The van der Waals surface area contributed by atoms with Gasteiger partial charge in [0, 0.05) is 26.2 Å². The zero-order valence-electron chi connectivity index (χ0n) is 12.6. The SMILES string of the molecule is COc1cccc(C=NNC(=O)CN2CCN(C)CC2)c1. The van der Waals surface area contributed by atoms with Crippen LogP contribution in [0.2, 0.25) is 0 Å². The number of hydrogen-bond donors (Lipinski definition) is 1. The quantitative estimate of drug-likeness (QED) is 0.630. The van der Waals surface area contributed by atoms with E-state index in [1.54, 1.807) is 13.3 Å². The van der Waals surface area contributed by atoms with Crippen LogP contribution in [0.4, 0.5) is 0 Å². The van der Waals surface area contributed by atoms with E-state index in [9.17, 15) is 4.79 Å². The molecule has 0 aromatic heterocycles. The van der Waals surface area contributed by atoms with Gasteiger partial charge in [-0.2, -0.15) is 5.10 Å². The lowest BCUT2D eigenvalue weighted by Crippen LogP contribution is -2.47. The molecule has 2 rings (SSSR count). The van der Waals surface area contributed by atoms with Crippen LogP contribution in [0.1, 0.15) is 5.56 Å². The van der Waals surface area contributed by atoms with Crippen LogP contribution in [0.15, 0.2) is 29.4 Å². The van der Waals surface area contributed by atoms with E-state index < -0.39 is 0 Å². The minimum atomic E-state index is -0.0845. The van der Waals surface area contributed by atoms with E-state index in [-0.39, 0.29) is 5.91 Å². The highest BCUT2D eigenvalue weighted by atomic mass is 16.5. The molecule has 0 aliphatic carbocycles. The number of hydrazone groups is 1. The third-order valence-corrected chi connectivity index (χ3v) is 3.46. The molecular weight excluding hydrogens is 268 g/mol. The van der Waals surface area contributed by atoms with Crippen molar-refractivity contribution in [2.75, 3.05) is 46.9 Å². The van der Waals surface area contributed by atoms with Gasteiger partial charge in [0.1, 0.15) is 5.75 Å². The number of amides is 1. The largest absolute Gasteiger partial charge is 0.497 e. The van der Waals surface area contributed by atoms with E-state index in [1.807, 2.05) is 24.3 Å². The van der Waals surface area contributed by atoms with Gasteiger partial charge in [0.25, 0.3) is 5.91 Å². The summed E-state index contributed by atoms with van der Waals surface area (Å²) in [5, 5.41) is 3.98. The molecule has 1 amide bonds. The van der Waals surface area contributed by atoms with E-state index in [0.29, 0.717) is 6.54 Å². The Kier molecular flexibility index (Phi) is 5.71. The molecule has 1 fully saturated rings. The van der Waals surface area contributed by atoms with Crippen molar-refractivity contribution in [1.29, 1.82) is 0 Å². The number of carbonyl (C=O) groups is 1. The van der Waals surface area contributed by atoms with Crippen molar-refractivity contribution in [1.82, 2.24) is 15.2 Å². The minimum absolute atomic E-state index is 0.0845. The molecule has 1 saturated heterocycles. The number of piperazine rings is 1. The molecule has 1 aliphatic heterocycles. The number of rotatable bonds is 5. The van der Waals surface area contributed by atoms with Gasteiger partial charge < -0.3 is 9.64 Å². The maximum Gasteiger partial charge on any atom is 0.254 e. The van der Waals surface area contributed by atoms with Crippen molar-refractivity contribution in [3.63, 3.8) is 0 Å². The highest BCUT2D eigenvalue weighted by Gasteiger charge is 2.15. The van der Waals surface area contributed by atoms with E-state index in [4.69, 9.17) is 4.74 Å². The molecule has 0 atom stereocenters. The molecule has 1 aromatic rings. The second-order valence-corrected chi connectivity index (χ2v) is 5.15. The molecule has 1 N–H and O–H groups in total. The Hall–Kier alpha value is -1.92. The summed E-state index contributed by atoms with van der Waals surface area (Å²) in [4.78, 5) is 16.2. The fourth-order valence-electron chi connectivity index (χ4n) is 2.15. The molecule has 0 spiro atoms. The van der Waals surface area contributed by atoms with Gasteiger partial charge >= 0.3 is 0 Å². The Morgan fingerprint density at radius 1 is 1.38 bits per heavy atom. The second kappa shape index (κ2) is 7.75. The molecule has 1 aromatic carbocycles. The summed E-state index contributed by atoms with van der Waals surface area (Å²) >= 11 is 0. The van der Waals surface area contributed by atoms with Crippen LogP contribution in [0.25, 0.3) is 0 Å². The van der Waals surface area contributed by atoms with Gasteiger partial charge in [0.2, 0.25) is 0 Å². The van der Waals surface area contributed by atoms with Crippen LogP contribution in [-0.4, -0.2) is 68.8 Å². The maximum absolute atomic E-state index is 11.8. The molecule has 6 heteroatoms. The third-order valence-electron chi connectivity index (χ3n) is 3.46. The number of carbonyl (C=O) groups excluding carboxylic acids is 1. The lowest BCUT2D eigenvalue weighted by molar-refractivity contribution is -0.122. The van der Waals surface area contributed by atoms with Gasteiger partial charge in [-0.25, -0.2) is 5.43 Å². The summed E-state index contributed by atoms with van der Waals surface area (Å²) < 4.78 is 5.13. The average molecular weight is 290 g/mol. The van der Waals surface area contributed by atoms with Gasteiger partial charge in [-0.3, -0.25) is 9.69 Å². The monoisotopic (exact) mass is 290 g/mol. The van der Waals surface area contributed by atoms with Crippen molar-refractivity contribution >= 4 is 12.1 Å². The van der Waals surface area contributed by atoms with Crippen molar-refractivity contribution in [3.05, 3.63) is 29.8 Å². The van der Waals surface area contributed by atoms with E-state index in [0.717, 1.165) is 37.5 Å². The van der Waals surface area contributed by atoms with Gasteiger partial charge in [-0.15, -0.1) is 0 Å². The summed E-state index contributed by atoms with van der Waals surface area (Å²) in [6.07, 6.45) is 1.62. The normalized spacial score (nSPS) is 17.0. The molecule has 0 radical (unpaired) electrons. The number of benzene rings is 1. The number of methoxy groups -OCH3 is 1. The molecule has 114 valence electrons. The number of hydrogen-bond acceptors (Lipinski definition) is 5. The van der Waals surface area contributed by atoms with E-state index in [1.165, 1.54) is 0 Å². The van der Waals surface area contributed by atoms with Gasteiger partial charge in [-0.05, 0) is 24.7 Å². The number of nitrogens with zero attached hydrogens (tertiary/aromatic N) is 3. The molecule has 1 heterocycles. The van der Waals surface area contributed by atoms with Crippen LogP contribution in [0, 0.1) is 0 Å². The number of likely N-dealkylation sites (N-methyl/N-ethyl adjacent to an activating group) is 1.